The van der Waals surface area contributed by atoms with E-state index in [1.165, 1.54) is 0 Å². The largest absolute Gasteiger partial charge is 0.358 e. The van der Waals surface area contributed by atoms with Gasteiger partial charge in [-0.1, -0.05) is 20.8 Å². The minimum atomic E-state index is -0.619. The Morgan fingerprint density at radius 1 is 1.47 bits per heavy atom. The van der Waals surface area contributed by atoms with Crippen LogP contribution in [0, 0.1) is 5.41 Å². The van der Waals surface area contributed by atoms with Crippen molar-refractivity contribution in [3.63, 3.8) is 0 Å². The van der Waals surface area contributed by atoms with Gasteiger partial charge < -0.3 is 9.47 Å². The lowest BCUT2D eigenvalue weighted by Gasteiger charge is -2.27. The van der Waals surface area contributed by atoms with Crippen LogP contribution >= 0.6 is 0 Å². The van der Waals surface area contributed by atoms with Crippen molar-refractivity contribution in [3.8, 4) is 0 Å². The molecule has 0 aromatic heterocycles. The minimum Gasteiger partial charge on any atom is -0.358 e. The van der Waals surface area contributed by atoms with E-state index in [2.05, 4.69) is 20.8 Å². The Bertz CT molecular complexity index is 384. The molecule has 2 aliphatic heterocycles. The highest BCUT2D eigenvalue weighted by atomic mass is 16.7. The van der Waals surface area contributed by atoms with Crippen molar-refractivity contribution in [1.29, 1.82) is 0 Å². The molecule has 2 fully saturated rings. The Kier molecular flexibility index (Phi) is 1.40. The van der Waals surface area contributed by atoms with Crippen molar-refractivity contribution < 1.29 is 14.3 Å². The van der Waals surface area contributed by atoms with Gasteiger partial charge in [0.05, 0.1) is 6.61 Å². The Balaban J connectivity index is 2.08. The molecular formula is C12H16O3. The van der Waals surface area contributed by atoms with Crippen molar-refractivity contribution in [3.05, 3.63) is 11.6 Å². The first-order valence-corrected chi connectivity index (χ1v) is 5.40. The monoisotopic (exact) mass is 208 g/mol. The number of rotatable bonds is 0. The van der Waals surface area contributed by atoms with E-state index >= 15 is 0 Å². The molecule has 1 spiro atoms. The quantitative estimate of drug-likeness (QED) is 0.566. The second-order valence-electron chi connectivity index (χ2n) is 6.00. The predicted molar refractivity (Wildman–Crippen MR) is 54.5 cm³/mol. The predicted octanol–water partition coefficient (Wildman–Crippen LogP) is 1.47. The number of carbonyl (C=O) groups excluding carboxylic acids is 1. The van der Waals surface area contributed by atoms with E-state index in [9.17, 15) is 4.79 Å². The van der Waals surface area contributed by atoms with E-state index in [1.54, 1.807) is 0 Å². The summed E-state index contributed by atoms with van der Waals surface area (Å²) in [5.74, 6) is 0.134. The second kappa shape index (κ2) is 2.20. The molecule has 3 nitrogen and oxygen atoms in total. The standard InChI is InChI=1S/C12H16O3/c1-10(2,3)7-5-11(4)9(15-11)12(6-14-12)8(7)13/h5,9H,6H2,1-4H3. The minimum absolute atomic E-state index is 0.0383. The number of ketones is 1. The summed E-state index contributed by atoms with van der Waals surface area (Å²) < 4.78 is 11.0. The van der Waals surface area contributed by atoms with Crippen LogP contribution < -0.4 is 0 Å². The number of ether oxygens (including phenoxy) is 2. The average molecular weight is 208 g/mol. The van der Waals surface area contributed by atoms with Gasteiger partial charge in [-0.3, -0.25) is 4.79 Å². The first kappa shape index (κ1) is 9.55. The van der Waals surface area contributed by atoms with Crippen LogP contribution in [0.3, 0.4) is 0 Å². The van der Waals surface area contributed by atoms with Crippen molar-refractivity contribution in [1.82, 2.24) is 0 Å². The van der Waals surface area contributed by atoms with Crippen LogP contribution in [0.5, 0.6) is 0 Å². The summed E-state index contributed by atoms with van der Waals surface area (Å²) in [5.41, 5.74) is -0.147. The van der Waals surface area contributed by atoms with E-state index < -0.39 is 5.60 Å². The number of fused-ring (bicyclic) bond motifs is 2. The molecule has 0 amide bonds. The maximum absolute atomic E-state index is 12.3. The van der Waals surface area contributed by atoms with Gasteiger partial charge in [0.15, 0.2) is 11.4 Å². The van der Waals surface area contributed by atoms with Gasteiger partial charge in [-0.25, -0.2) is 0 Å². The molecule has 3 aliphatic rings. The number of Topliss-reactive ketones (excluding diaryl/α,β-unsaturated/α-hetero) is 1. The fraction of sp³-hybridized carbons (Fsp3) is 0.750. The zero-order valence-electron chi connectivity index (χ0n) is 9.59. The Morgan fingerprint density at radius 3 is 2.53 bits per heavy atom. The van der Waals surface area contributed by atoms with Gasteiger partial charge in [0.1, 0.15) is 11.7 Å². The van der Waals surface area contributed by atoms with E-state index in [0.29, 0.717) is 6.61 Å². The zero-order valence-corrected chi connectivity index (χ0v) is 9.59. The highest BCUT2D eigenvalue weighted by Crippen LogP contribution is 2.57. The third-order valence-electron chi connectivity index (χ3n) is 3.58. The van der Waals surface area contributed by atoms with Crippen LogP contribution in [0.25, 0.3) is 0 Å². The molecule has 3 unspecified atom stereocenters. The van der Waals surface area contributed by atoms with Crippen LogP contribution in [0.1, 0.15) is 27.7 Å². The smallest absolute Gasteiger partial charge is 0.196 e. The van der Waals surface area contributed by atoms with E-state index in [0.717, 1.165) is 5.57 Å². The maximum Gasteiger partial charge on any atom is 0.196 e. The van der Waals surface area contributed by atoms with Crippen molar-refractivity contribution in [2.75, 3.05) is 6.61 Å². The molecule has 82 valence electrons. The molecule has 0 saturated carbocycles. The summed E-state index contributed by atoms with van der Waals surface area (Å²) in [5, 5.41) is 0. The topological polar surface area (TPSA) is 42.1 Å². The lowest BCUT2D eigenvalue weighted by atomic mass is 9.73. The molecule has 2 saturated heterocycles. The maximum atomic E-state index is 12.3. The summed E-state index contributed by atoms with van der Waals surface area (Å²) in [6, 6.07) is 0. The number of hydrogen-bond acceptors (Lipinski definition) is 3. The Labute approximate surface area is 89.4 Å². The van der Waals surface area contributed by atoms with E-state index in [4.69, 9.17) is 9.47 Å². The summed E-state index contributed by atoms with van der Waals surface area (Å²) in [6.45, 7) is 8.72. The lowest BCUT2D eigenvalue weighted by molar-refractivity contribution is -0.122. The van der Waals surface area contributed by atoms with Crippen molar-refractivity contribution in [2.45, 2.75) is 45.0 Å². The second-order valence-corrected chi connectivity index (χ2v) is 6.00. The molecule has 1 aliphatic carbocycles. The summed E-state index contributed by atoms with van der Waals surface area (Å²) in [7, 11) is 0. The van der Waals surface area contributed by atoms with Gasteiger partial charge in [-0.15, -0.1) is 0 Å². The molecule has 0 bridgehead atoms. The van der Waals surface area contributed by atoms with Gasteiger partial charge >= 0.3 is 0 Å². The Hall–Kier alpha value is -0.670. The molecule has 0 radical (unpaired) electrons. The summed E-state index contributed by atoms with van der Waals surface area (Å²) >= 11 is 0. The lowest BCUT2D eigenvalue weighted by Crippen LogP contribution is -2.42. The first-order chi connectivity index (χ1) is 6.80. The molecule has 15 heavy (non-hydrogen) atoms. The molecule has 2 heterocycles. The van der Waals surface area contributed by atoms with Gasteiger partial charge in [0, 0.05) is 5.57 Å². The van der Waals surface area contributed by atoms with Crippen LogP contribution in [-0.4, -0.2) is 29.7 Å². The molecule has 3 atom stereocenters. The van der Waals surface area contributed by atoms with E-state index in [1.807, 2.05) is 13.0 Å². The third kappa shape index (κ3) is 1.05. The summed E-state index contributed by atoms with van der Waals surface area (Å²) in [4.78, 5) is 12.3. The van der Waals surface area contributed by atoms with Gasteiger partial charge in [-0.05, 0) is 18.4 Å². The van der Waals surface area contributed by atoms with Crippen LogP contribution in [0.15, 0.2) is 11.6 Å². The molecular weight excluding hydrogens is 192 g/mol. The first-order valence-electron chi connectivity index (χ1n) is 5.40. The molecule has 3 heteroatoms. The van der Waals surface area contributed by atoms with Gasteiger partial charge in [0.25, 0.3) is 0 Å². The molecule has 0 N–H and O–H groups in total. The fourth-order valence-electron chi connectivity index (χ4n) is 2.50. The molecule has 0 aromatic carbocycles. The number of epoxide rings is 2. The van der Waals surface area contributed by atoms with Crippen LogP contribution in [0.2, 0.25) is 0 Å². The van der Waals surface area contributed by atoms with Crippen LogP contribution in [0.4, 0.5) is 0 Å². The number of hydrogen-bond donors (Lipinski definition) is 0. The molecule has 0 aromatic rings. The fourth-order valence-corrected chi connectivity index (χ4v) is 2.50. The van der Waals surface area contributed by atoms with E-state index in [-0.39, 0.29) is 22.9 Å². The Morgan fingerprint density at radius 2 is 2.07 bits per heavy atom. The highest BCUT2D eigenvalue weighted by Gasteiger charge is 2.75. The zero-order chi connectivity index (χ0) is 11.1. The summed E-state index contributed by atoms with van der Waals surface area (Å²) in [6.07, 6.45) is 1.95. The van der Waals surface area contributed by atoms with Gasteiger partial charge in [0.2, 0.25) is 0 Å². The van der Waals surface area contributed by atoms with Crippen molar-refractivity contribution >= 4 is 5.78 Å². The number of carbonyl (C=O) groups is 1. The highest BCUT2D eigenvalue weighted by molar-refractivity contribution is 6.07. The van der Waals surface area contributed by atoms with Crippen LogP contribution in [-0.2, 0) is 14.3 Å². The van der Waals surface area contributed by atoms with Gasteiger partial charge in [-0.2, -0.15) is 0 Å². The average Bonchev–Trinajstić information content (AvgIpc) is 2.92. The SMILES string of the molecule is CC(C)(C)C1=CC2(C)OC2C2(CO2)C1=O. The van der Waals surface area contributed by atoms with Crippen molar-refractivity contribution in [2.24, 2.45) is 5.41 Å². The molecule has 3 rings (SSSR count). The third-order valence-corrected chi connectivity index (χ3v) is 3.58. The normalized spacial score (nSPS) is 47.6.